The third-order valence-electron chi connectivity index (χ3n) is 5.75. The maximum absolute atomic E-state index is 12.6. The van der Waals surface area contributed by atoms with Crippen LogP contribution in [0.5, 0.6) is 0 Å². The van der Waals surface area contributed by atoms with Crippen molar-refractivity contribution in [3.8, 4) is 0 Å². The predicted octanol–water partition coefficient (Wildman–Crippen LogP) is 2.35. The van der Waals surface area contributed by atoms with Crippen LogP contribution in [-0.4, -0.2) is 42.1 Å². The fourth-order valence-electron chi connectivity index (χ4n) is 4.50. The molecule has 1 aliphatic carbocycles. The van der Waals surface area contributed by atoms with Crippen molar-refractivity contribution in [2.45, 2.75) is 56.7 Å². The minimum absolute atomic E-state index is 0.00871. The van der Waals surface area contributed by atoms with Crippen molar-refractivity contribution in [2.24, 2.45) is 5.92 Å². The number of pyridine rings is 1. The molecule has 1 amide bonds. The van der Waals surface area contributed by atoms with Gasteiger partial charge in [0, 0.05) is 31.4 Å². The monoisotopic (exact) mass is 348 g/mol. The number of hydrogen-bond acceptors (Lipinski definition) is 4. The average Bonchev–Trinajstić information content (AvgIpc) is 3.22. The van der Waals surface area contributed by atoms with Crippen LogP contribution in [0, 0.1) is 5.92 Å². The van der Waals surface area contributed by atoms with E-state index in [9.17, 15) is 4.79 Å². The highest BCUT2D eigenvalue weighted by atomic mass is 35.5. The number of carbonyl (C=O) groups is 1. The Morgan fingerprint density at radius 1 is 1.33 bits per heavy atom. The highest BCUT2D eigenvalue weighted by Gasteiger charge is 2.39. The first kappa shape index (κ1) is 16.2. The molecule has 0 bridgehead atoms. The van der Waals surface area contributed by atoms with E-state index in [1.807, 2.05) is 12.1 Å². The first-order valence-electron chi connectivity index (χ1n) is 9.12. The molecule has 4 unspecified atom stereocenters. The second kappa shape index (κ2) is 6.89. The van der Waals surface area contributed by atoms with Crippen LogP contribution in [0.4, 0.5) is 5.82 Å². The van der Waals surface area contributed by atoms with Gasteiger partial charge in [-0.25, -0.2) is 4.98 Å². The fraction of sp³-hybridized carbons (Fsp3) is 0.667. The number of hydrogen-bond donors (Lipinski definition) is 2. The molecule has 4 rings (SSSR count). The van der Waals surface area contributed by atoms with E-state index in [1.54, 1.807) is 6.20 Å². The molecule has 2 N–H and O–H groups in total. The Bertz CT molecular complexity index is 596. The second-order valence-corrected chi connectivity index (χ2v) is 7.76. The Balaban J connectivity index is 1.32. The first-order chi connectivity index (χ1) is 11.7. The third-order valence-corrected chi connectivity index (χ3v) is 6.05. The zero-order valence-electron chi connectivity index (χ0n) is 13.9. The molecule has 3 fully saturated rings. The van der Waals surface area contributed by atoms with Gasteiger partial charge in [-0.3, -0.25) is 4.79 Å². The molecule has 0 radical (unpaired) electrons. The zero-order chi connectivity index (χ0) is 16.5. The van der Waals surface area contributed by atoms with Crippen LogP contribution in [0.3, 0.4) is 0 Å². The molecule has 0 aromatic carbocycles. The van der Waals surface area contributed by atoms with Crippen LogP contribution in [-0.2, 0) is 4.79 Å². The molecule has 24 heavy (non-hydrogen) atoms. The van der Waals surface area contributed by atoms with Gasteiger partial charge in [-0.15, -0.1) is 0 Å². The SMILES string of the molecule is O=C(NC1CCN(c2ncccc2Cl)C1)C1CC2CCCCC2N1. The van der Waals surface area contributed by atoms with Crippen LogP contribution >= 0.6 is 11.6 Å². The highest BCUT2D eigenvalue weighted by molar-refractivity contribution is 6.32. The molecule has 5 nitrogen and oxygen atoms in total. The van der Waals surface area contributed by atoms with Gasteiger partial charge in [0.2, 0.25) is 5.91 Å². The highest BCUT2D eigenvalue weighted by Crippen LogP contribution is 2.33. The number of nitrogens with one attached hydrogen (secondary N) is 2. The quantitative estimate of drug-likeness (QED) is 0.880. The molecule has 2 saturated heterocycles. The van der Waals surface area contributed by atoms with Crippen LogP contribution in [0.1, 0.15) is 38.5 Å². The number of aromatic nitrogens is 1. The minimum atomic E-state index is -0.00871. The fourth-order valence-corrected chi connectivity index (χ4v) is 4.74. The average molecular weight is 349 g/mol. The number of anilines is 1. The summed E-state index contributed by atoms with van der Waals surface area (Å²) >= 11 is 6.23. The molecule has 4 atom stereocenters. The number of halogens is 1. The standard InChI is InChI=1S/C18H25ClN4O/c19-14-5-3-8-20-17(14)23-9-7-13(11-23)21-18(24)16-10-12-4-1-2-6-15(12)22-16/h3,5,8,12-13,15-16,22H,1-2,4,6-7,9-11H2,(H,21,24). The van der Waals surface area contributed by atoms with E-state index < -0.39 is 0 Å². The van der Waals surface area contributed by atoms with Gasteiger partial charge in [0.05, 0.1) is 11.1 Å². The Morgan fingerprint density at radius 3 is 3.04 bits per heavy atom. The molecule has 3 heterocycles. The number of fused-ring (bicyclic) bond motifs is 1. The van der Waals surface area contributed by atoms with E-state index in [1.165, 1.54) is 25.7 Å². The van der Waals surface area contributed by atoms with E-state index in [0.717, 1.165) is 31.7 Å². The van der Waals surface area contributed by atoms with Crippen LogP contribution in [0.15, 0.2) is 18.3 Å². The lowest BCUT2D eigenvalue weighted by molar-refractivity contribution is -0.123. The smallest absolute Gasteiger partial charge is 0.237 e. The maximum Gasteiger partial charge on any atom is 0.237 e. The summed E-state index contributed by atoms with van der Waals surface area (Å²) in [5.74, 6) is 1.69. The topological polar surface area (TPSA) is 57.3 Å². The molecule has 1 aromatic heterocycles. The number of rotatable bonds is 3. The predicted molar refractivity (Wildman–Crippen MR) is 95.3 cm³/mol. The number of carbonyl (C=O) groups excluding carboxylic acids is 1. The Kier molecular flexibility index (Phi) is 4.63. The van der Waals surface area contributed by atoms with Gasteiger partial charge >= 0.3 is 0 Å². The summed E-state index contributed by atoms with van der Waals surface area (Å²) in [7, 11) is 0. The molecule has 0 spiro atoms. The van der Waals surface area contributed by atoms with Gasteiger partial charge in [0.15, 0.2) is 0 Å². The molecule has 2 aliphatic heterocycles. The summed E-state index contributed by atoms with van der Waals surface area (Å²) in [6, 6.07) is 4.43. The van der Waals surface area contributed by atoms with E-state index >= 15 is 0 Å². The van der Waals surface area contributed by atoms with Crippen molar-refractivity contribution in [1.82, 2.24) is 15.6 Å². The van der Waals surface area contributed by atoms with Crippen molar-refractivity contribution >= 4 is 23.3 Å². The number of amides is 1. The molecule has 130 valence electrons. The van der Waals surface area contributed by atoms with E-state index in [2.05, 4.69) is 20.5 Å². The van der Waals surface area contributed by atoms with Crippen molar-refractivity contribution in [1.29, 1.82) is 0 Å². The van der Waals surface area contributed by atoms with Gasteiger partial charge in [0.25, 0.3) is 0 Å². The Morgan fingerprint density at radius 2 is 2.21 bits per heavy atom. The largest absolute Gasteiger partial charge is 0.353 e. The molecule has 1 saturated carbocycles. The Labute approximate surface area is 148 Å². The van der Waals surface area contributed by atoms with Gasteiger partial charge < -0.3 is 15.5 Å². The normalized spacial score (nSPS) is 32.6. The lowest BCUT2D eigenvalue weighted by atomic mass is 9.85. The van der Waals surface area contributed by atoms with Gasteiger partial charge in [0.1, 0.15) is 5.82 Å². The molecular weight excluding hydrogens is 324 g/mol. The molecule has 3 aliphatic rings. The molecular formula is C18H25ClN4O. The van der Waals surface area contributed by atoms with Crippen molar-refractivity contribution < 1.29 is 4.79 Å². The van der Waals surface area contributed by atoms with Crippen LogP contribution < -0.4 is 15.5 Å². The summed E-state index contributed by atoms with van der Waals surface area (Å²) in [6.45, 7) is 1.66. The van der Waals surface area contributed by atoms with Gasteiger partial charge in [-0.05, 0) is 43.7 Å². The van der Waals surface area contributed by atoms with E-state index in [0.29, 0.717) is 17.0 Å². The minimum Gasteiger partial charge on any atom is -0.353 e. The van der Waals surface area contributed by atoms with Gasteiger partial charge in [-0.2, -0.15) is 0 Å². The summed E-state index contributed by atoms with van der Waals surface area (Å²) in [6.07, 6.45) is 8.82. The number of nitrogens with zero attached hydrogens (tertiary/aromatic N) is 2. The first-order valence-corrected chi connectivity index (χ1v) is 9.50. The molecule has 1 aromatic rings. The van der Waals surface area contributed by atoms with Crippen molar-refractivity contribution in [3.63, 3.8) is 0 Å². The van der Waals surface area contributed by atoms with Crippen LogP contribution in [0.2, 0.25) is 5.02 Å². The lowest BCUT2D eigenvalue weighted by Crippen LogP contribution is -2.47. The van der Waals surface area contributed by atoms with Crippen molar-refractivity contribution in [3.05, 3.63) is 23.4 Å². The summed E-state index contributed by atoms with van der Waals surface area (Å²) in [5, 5.41) is 7.47. The maximum atomic E-state index is 12.6. The van der Waals surface area contributed by atoms with Gasteiger partial charge in [-0.1, -0.05) is 24.4 Å². The Hall–Kier alpha value is -1.33. The summed E-state index contributed by atoms with van der Waals surface area (Å²) in [4.78, 5) is 19.2. The van der Waals surface area contributed by atoms with E-state index in [4.69, 9.17) is 11.6 Å². The van der Waals surface area contributed by atoms with E-state index in [-0.39, 0.29) is 18.0 Å². The van der Waals surface area contributed by atoms with Crippen LogP contribution in [0.25, 0.3) is 0 Å². The van der Waals surface area contributed by atoms with Crippen molar-refractivity contribution in [2.75, 3.05) is 18.0 Å². The lowest BCUT2D eigenvalue weighted by Gasteiger charge is -2.24. The summed E-state index contributed by atoms with van der Waals surface area (Å²) in [5.41, 5.74) is 0. The second-order valence-electron chi connectivity index (χ2n) is 7.36. The molecule has 6 heteroatoms. The zero-order valence-corrected chi connectivity index (χ0v) is 14.6. The summed E-state index contributed by atoms with van der Waals surface area (Å²) < 4.78 is 0. The third kappa shape index (κ3) is 3.24.